The van der Waals surface area contributed by atoms with Crippen molar-refractivity contribution >= 4 is 33.6 Å². The van der Waals surface area contributed by atoms with Crippen molar-refractivity contribution in [2.45, 2.75) is 18.4 Å². The number of carboxylic acids is 1. The fourth-order valence-corrected chi connectivity index (χ4v) is 2.44. The maximum absolute atomic E-state index is 13.6. The second-order valence-corrected chi connectivity index (χ2v) is 5.62. The zero-order valence-corrected chi connectivity index (χ0v) is 12.6. The molecule has 0 aliphatic carbocycles. The first-order valence-corrected chi connectivity index (χ1v) is 7.08. The van der Waals surface area contributed by atoms with Crippen molar-refractivity contribution in [3.63, 3.8) is 0 Å². The minimum absolute atomic E-state index is 0.0329. The van der Waals surface area contributed by atoms with Gasteiger partial charge in [-0.15, -0.1) is 0 Å². The van der Waals surface area contributed by atoms with Crippen molar-refractivity contribution in [1.82, 2.24) is 5.32 Å². The normalized spacial score (nSPS) is 17.0. The lowest BCUT2D eigenvalue weighted by Crippen LogP contribution is -2.58. The Kier molecular flexibility index (Phi) is 4.79. The number of carbonyl (C=O) groups excluding carboxylic acids is 1. The van der Waals surface area contributed by atoms with Crippen molar-refractivity contribution < 1.29 is 23.8 Å². The van der Waals surface area contributed by atoms with E-state index >= 15 is 0 Å². The second kappa shape index (κ2) is 6.40. The third-order valence-electron chi connectivity index (χ3n) is 3.29. The molecule has 0 saturated carbocycles. The van der Waals surface area contributed by atoms with Gasteiger partial charge in [0.1, 0.15) is 11.4 Å². The molecule has 3 N–H and O–H groups in total. The zero-order valence-electron chi connectivity index (χ0n) is 11.0. The Morgan fingerprint density at radius 1 is 1.33 bits per heavy atom. The Balaban J connectivity index is 2.09. The van der Waals surface area contributed by atoms with Gasteiger partial charge in [0, 0.05) is 30.5 Å². The van der Waals surface area contributed by atoms with Crippen LogP contribution in [0, 0.1) is 5.82 Å². The van der Waals surface area contributed by atoms with Gasteiger partial charge in [0.25, 0.3) is 0 Å². The van der Waals surface area contributed by atoms with Crippen LogP contribution in [0.15, 0.2) is 22.7 Å². The Bertz CT molecular complexity index is 561. The van der Waals surface area contributed by atoms with Crippen LogP contribution in [-0.4, -0.2) is 35.9 Å². The van der Waals surface area contributed by atoms with Gasteiger partial charge in [-0.25, -0.2) is 14.0 Å². The van der Waals surface area contributed by atoms with Gasteiger partial charge in [-0.1, -0.05) is 15.9 Å². The predicted octanol–water partition coefficient (Wildman–Crippen LogP) is 2.34. The van der Waals surface area contributed by atoms with Gasteiger partial charge in [-0.2, -0.15) is 0 Å². The average Bonchev–Trinajstić information content (AvgIpc) is 2.43. The SMILES string of the molecule is O=C(Nc1cc(Br)ccc1F)NC1(C(=O)O)CCOCC1. The highest BCUT2D eigenvalue weighted by Gasteiger charge is 2.41. The van der Waals surface area contributed by atoms with E-state index < -0.39 is 23.4 Å². The van der Waals surface area contributed by atoms with Gasteiger partial charge in [0.2, 0.25) is 0 Å². The fourth-order valence-electron chi connectivity index (χ4n) is 2.08. The van der Waals surface area contributed by atoms with Crippen LogP contribution in [0.5, 0.6) is 0 Å². The third kappa shape index (κ3) is 3.70. The molecule has 1 aliphatic heterocycles. The molecule has 0 spiro atoms. The number of nitrogens with one attached hydrogen (secondary N) is 2. The Hall–Kier alpha value is -1.67. The molecule has 0 unspecified atom stereocenters. The van der Waals surface area contributed by atoms with Crippen molar-refractivity contribution in [2.24, 2.45) is 0 Å². The molecule has 2 rings (SSSR count). The Morgan fingerprint density at radius 2 is 2.00 bits per heavy atom. The van der Waals surface area contributed by atoms with E-state index in [1.54, 1.807) is 0 Å². The molecule has 1 saturated heterocycles. The van der Waals surface area contributed by atoms with Crippen LogP contribution in [0.2, 0.25) is 0 Å². The fraction of sp³-hybridized carbons (Fsp3) is 0.385. The Labute approximate surface area is 128 Å². The number of hydrogen-bond donors (Lipinski definition) is 3. The molecule has 0 radical (unpaired) electrons. The first kappa shape index (κ1) is 15.7. The number of halogens is 2. The summed E-state index contributed by atoms with van der Waals surface area (Å²) in [6.45, 7) is 0.496. The highest BCUT2D eigenvalue weighted by atomic mass is 79.9. The van der Waals surface area contributed by atoms with E-state index in [1.807, 2.05) is 0 Å². The molecule has 1 heterocycles. The first-order chi connectivity index (χ1) is 9.93. The summed E-state index contributed by atoms with van der Waals surface area (Å²) in [6, 6.07) is 3.32. The number of urea groups is 1. The first-order valence-electron chi connectivity index (χ1n) is 6.28. The van der Waals surface area contributed by atoms with E-state index in [4.69, 9.17) is 4.74 Å². The van der Waals surface area contributed by atoms with Crippen LogP contribution in [0.25, 0.3) is 0 Å². The number of carbonyl (C=O) groups is 2. The smallest absolute Gasteiger partial charge is 0.329 e. The van der Waals surface area contributed by atoms with Gasteiger partial charge in [0.15, 0.2) is 0 Å². The summed E-state index contributed by atoms with van der Waals surface area (Å²) >= 11 is 3.17. The van der Waals surface area contributed by atoms with Gasteiger partial charge in [0.05, 0.1) is 5.69 Å². The molecule has 114 valence electrons. The Morgan fingerprint density at radius 3 is 2.62 bits per heavy atom. The van der Waals surface area contributed by atoms with E-state index in [0.717, 1.165) is 0 Å². The van der Waals surface area contributed by atoms with Crippen molar-refractivity contribution in [3.05, 3.63) is 28.5 Å². The lowest BCUT2D eigenvalue weighted by atomic mass is 9.90. The van der Waals surface area contributed by atoms with Crippen molar-refractivity contribution in [1.29, 1.82) is 0 Å². The van der Waals surface area contributed by atoms with Crippen LogP contribution in [-0.2, 0) is 9.53 Å². The number of carboxylic acid groups (broad SMARTS) is 1. The monoisotopic (exact) mass is 360 g/mol. The molecule has 2 amide bonds. The number of hydrogen-bond acceptors (Lipinski definition) is 3. The summed E-state index contributed by atoms with van der Waals surface area (Å²) < 4.78 is 19.3. The van der Waals surface area contributed by atoms with Crippen LogP contribution >= 0.6 is 15.9 Å². The zero-order chi connectivity index (χ0) is 15.5. The average molecular weight is 361 g/mol. The van der Waals surface area contributed by atoms with Gasteiger partial charge < -0.3 is 20.5 Å². The van der Waals surface area contributed by atoms with E-state index in [9.17, 15) is 19.1 Å². The summed E-state index contributed by atoms with van der Waals surface area (Å²) in [7, 11) is 0. The van der Waals surface area contributed by atoms with E-state index in [-0.39, 0.29) is 31.7 Å². The molecule has 6 nitrogen and oxygen atoms in total. The molecule has 0 atom stereocenters. The molecule has 0 aromatic heterocycles. The number of aliphatic carboxylic acids is 1. The van der Waals surface area contributed by atoms with E-state index in [0.29, 0.717) is 4.47 Å². The molecule has 1 aromatic rings. The second-order valence-electron chi connectivity index (χ2n) is 4.70. The van der Waals surface area contributed by atoms with Crippen LogP contribution in [0.4, 0.5) is 14.9 Å². The molecule has 8 heteroatoms. The number of ether oxygens (including phenoxy) is 1. The maximum Gasteiger partial charge on any atom is 0.329 e. The summed E-state index contributed by atoms with van der Waals surface area (Å²) in [4.78, 5) is 23.4. The van der Waals surface area contributed by atoms with Crippen LogP contribution < -0.4 is 10.6 Å². The quantitative estimate of drug-likeness (QED) is 0.771. The van der Waals surface area contributed by atoms with E-state index in [1.165, 1.54) is 18.2 Å². The standard InChI is InChI=1S/C13H14BrFN2O4/c14-8-1-2-9(15)10(7-8)16-12(20)17-13(11(18)19)3-5-21-6-4-13/h1-2,7H,3-6H2,(H,18,19)(H2,16,17,20). The predicted molar refractivity (Wildman–Crippen MR) is 76.7 cm³/mol. The van der Waals surface area contributed by atoms with Gasteiger partial charge >= 0.3 is 12.0 Å². The van der Waals surface area contributed by atoms with Crippen LogP contribution in [0.1, 0.15) is 12.8 Å². The molecule has 1 aromatic carbocycles. The van der Waals surface area contributed by atoms with Crippen molar-refractivity contribution in [2.75, 3.05) is 18.5 Å². The number of anilines is 1. The summed E-state index contributed by atoms with van der Waals surface area (Å²) in [5.74, 6) is -1.74. The van der Waals surface area contributed by atoms with Crippen LogP contribution in [0.3, 0.4) is 0 Å². The number of amides is 2. The van der Waals surface area contributed by atoms with Gasteiger partial charge in [-0.05, 0) is 18.2 Å². The maximum atomic E-state index is 13.6. The minimum Gasteiger partial charge on any atom is -0.480 e. The van der Waals surface area contributed by atoms with Gasteiger partial charge in [-0.3, -0.25) is 0 Å². The topological polar surface area (TPSA) is 87.7 Å². The largest absolute Gasteiger partial charge is 0.480 e. The molecular weight excluding hydrogens is 347 g/mol. The summed E-state index contributed by atoms with van der Waals surface area (Å²) in [6.07, 6.45) is 0.327. The molecular formula is C13H14BrFN2O4. The lowest BCUT2D eigenvalue weighted by molar-refractivity contribution is -0.148. The minimum atomic E-state index is -1.38. The summed E-state index contributed by atoms with van der Waals surface area (Å²) in [5, 5.41) is 14.1. The summed E-state index contributed by atoms with van der Waals surface area (Å²) in [5.41, 5.74) is -1.42. The highest BCUT2D eigenvalue weighted by Crippen LogP contribution is 2.23. The lowest BCUT2D eigenvalue weighted by Gasteiger charge is -2.33. The molecule has 1 fully saturated rings. The molecule has 1 aliphatic rings. The van der Waals surface area contributed by atoms with Crippen molar-refractivity contribution in [3.8, 4) is 0 Å². The number of benzene rings is 1. The molecule has 0 bridgehead atoms. The third-order valence-corrected chi connectivity index (χ3v) is 3.78. The highest BCUT2D eigenvalue weighted by molar-refractivity contribution is 9.10. The van der Waals surface area contributed by atoms with E-state index in [2.05, 4.69) is 26.6 Å². The number of rotatable bonds is 3. The molecule has 21 heavy (non-hydrogen) atoms.